The number of nitrogens with two attached hydrogens (primary N) is 2. The van der Waals surface area contributed by atoms with E-state index in [2.05, 4.69) is 34.1 Å². The number of imidazole rings is 1. The number of piperidine rings is 1. The topological polar surface area (TPSA) is 220 Å². The highest BCUT2D eigenvalue weighted by atomic mass is 16.6. The Balaban J connectivity index is 0.000000207. The third-order valence-corrected chi connectivity index (χ3v) is 9.52. The number of H-pyrrole nitrogens is 1. The molecule has 1 fully saturated rings. The van der Waals surface area contributed by atoms with Crippen LogP contribution in [0, 0.1) is 11.8 Å². The van der Waals surface area contributed by atoms with Crippen LogP contribution >= 0.6 is 0 Å². The lowest BCUT2D eigenvalue weighted by molar-refractivity contribution is -0.152. The number of carbonyl (C=O) groups excluding carboxylic acids is 2. The highest BCUT2D eigenvalue weighted by Gasteiger charge is 2.65. The fourth-order valence-corrected chi connectivity index (χ4v) is 6.96. The fraction of sp³-hybridized carbons (Fsp3) is 0.545. The van der Waals surface area contributed by atoms with E-state index in [9.17, 15) is 19.2 Å². The summed E-state index contributed by atoms with van der Waals surface area (Å²) >= 11 is 0. The number of aliphatic carboxylic acids is 2. The molecule has 2 aromatic rings. The molecule has 6 rings (SSSR count). The minimum absolute atomic E-state index is 0.0718. The molecule has 2 aliphatic heterocycles. The third-order valence-electron chi connectivity index (χ3n) is 9.52. The number of ether oxygens (including phenoxy) is 3. The standard InChI is InChI=1S/C21H23NO5.C6H9N3O2.C6H13NO2/c1-11(23)25-16-6-4-13-10-15-14-5-7-17(26-12(2)24)20-21(14,8-9-22(15)3)18(13)19(16)27-20;7-5(6(10)11)1-4-2-8-3-9-4;1-3-4(2)5(7)6(8)9/h4-7,14-15,17,20H,8-10H2,1-3H3;2-3,5H,1,7H2,(H,8,9)(H,10,11);4-5H,3,7H2,1-2H3,(H,8,9)/t14-,15+,17-,20-,21-;5-;/m00./s1. The zero-order valence-corrected chi connectivity index (χ0v) is 27.3. The number of carbonyl (C=O) groups is 4. The first-order chi connectivity index (χ1) is 22.2. The fourth-order valence-electron chi connectivity index (χ4n) is 6.96. The van der Waals surface area contributed by atoms with E-state index in [-0.39, 0.29) is 41.7 Å². The Kier molecular flexibility index (Phi) is 11.1. The van der Waals surface area contributed by atoms with Crippen molar-refractivity contribution in [1.82, 2.24) is 14.9 Å². The van der Waals surface area contributed by atoms with Crippen LogP contribution in [0.25, 0.3) is 0 Å². The Morgan fingerprint density at radius 3 is 2.43 bits per heavy atom. The van der Waals surface area contributed by atoms with Crippen LogP contribution in [0.15, 0.2) is 36.8 Å². The summed E-state index contributed by atoms with van der Waals surface area (Å²) in [5.74, 6) is -1.13. The molecule has 8 atom stereocenters. The first-order valence-electron chi connectivity index (χ1n) is 15.7. The summed E-state index contributed by atoms with van der Waals surface area (Å²) in [4.78, 5) is 52.6. The maximum Gasteiger partial charge on any atom is 0.320 e. The summed E-state index contributed by atoms with van der Waals surface area (Å²) < 4.78 is 17.5. The lowest BCUT2D eigenvalue weighted by atomic mass is 9.53. The normalized spacial score (nSPS) is 26.4. The number of benzene rings is 1. The Bertz CT molecular complexity index is 1500. The molecule has 14 nitrogen and oxygen atoms in total. The number of nitrogens with zero attached hydrogens (tertiary/aromatic N) is 2. The number of carboxylic acids is 2. The highest BCUT2D eigenvalue weighted by Crippen LogP contribution is 2.62. The van der Waals surface area contributed by atoms with Gasteiger partial charge in [-0.3, -0.25) is 19.2 Å². The van der Waals surface area contributed by atoms with E-state index in [1.54, 1.807) is 6.20 Å². The molecule has 1 saturated heterocycles. The molecule has 0 saturated carbocycles. The zero-order valence-electron chi connectivity index (χ0n) is 27.3. The van der Waals surface area contributed by atoms with Crippen LogP contribution in [0.4, 0.5) is 0 Å². The summed E-state index contributed by atoms with van der Waals surface area (Å²) in [7, 11) is 2.17. The minimum atomic E-state index is -1.00. The molecule has 1 aromatic heterocycles. The Morgan fingerprint density at radius 1 is 1.15 bits per heavy atom. The van der Waals surface area contributed by atoms with Crippen LogP contribution in [0.5, 0.6) is 11.5 Å². The van der Waals surface area contributed by atoms with Crippen molar-refractivity contribution in [1.29, 1.82) is 0 Å². The van der Waals surface area contributed by atoms with Gasteiger partial charge in [0.25, 0.3) is 0 Å². The first kappa shape index (κ1) is 35.6. The van der Waals surface area contributed by atoms with Crippen molar-refractivity contribution in [2.24, 2.45) is 23.3 Å². The number of likely N-dealkylation sites (tertiary alicyclic amines) is 1. The molecular formula is C33H45N5O9. The van der Waals surface area contributed by atoms with Crippen molar-refractivity contribution in [3.05, 3.63) is 53.6 Å². The van der Waals surface area contributed by atoms with E-state index in [0.29, 0.717) is 17.5 Å². The average molecular weight is 656 g/mol. The van der Waals surface area contributed by atoms with Gasteiger partial charge in [-0.25, -0.2) is 4.98 Å². The van der Waals surface area contributed by atoms with Gasteiger partial charge < -0.3 is 45.8 Å². The second-order valence-electron chi connectivity index (χ2n) is 12.6. The van der Waals surface area contributed by atoms with Gasteiger partial charge in [0.1, 0.15) is 18.2 Å². The number of likely N-dealkylation sites (N-methyl/N-ethyl adjacent to an activating group) is 1. The van der Waals surface area contributed by atoms with E-state index in [4.69, 9.17) is 35.9 Å². The van der Waals surface area contributed by atoms with Gasteiger partial charge in [0, 0.05) is 55.1 Å². The SMILES string of the molecule is CC(=O)Oc1ccc2c3c1O[C@H]1[C@@H](OC(C)=O)C=C[C@H]4[C@@H](C2)N(C)CC[C@@]341.CCC(C)C(N)C(=O)O.N[C@@H](Cc1cnc[nH]1)C(=O)O. The summed E-state index contributed by atoms with van der Waals surface area (Å²) in [5.41, 5.74) is 13.4. The first-order valence-corrected chi connectivity index (χ1v) is 15.7. The number of aromatic amines is 1. The molecule has 7 N–H and O–H groups in total. The summed E-state index contributed by atoms with van der Waals surface area (Å²) in [6, 6.07) is 2.72. The number of nitrogens with one attached hydrogen (secondary N) is 1. The van der Waals surface area contributed by atoms with E-state index >= 15 is 0 Å². The van der Waals surface area contributed by atoms with Gasteiger partial charge in [0.05, 0.1) is 6.33 Å². The van der Waals surface area contributed by atoms with Crippen molar-refractivity contribution in [2.45, 2.75) is 89.1 Å². The van der Waals surface area contributed by atoms with Crippen LogP contribution in [-0.2, 0) is 42.2 Å². The smallest absolute Gasteiger partial charge is 0.320 e. The quantitative estimate of drug-likeness (QED) is 0.156. The zero-order chi connectivity index (χ0) is 34.6. The lowest BCUT2D eigenvalue weighted by Crippen LogP contribution is -2.65. The van der Waals surface area contributed by atoms with Crippen molar-refractivity contribution in [3.63, 3.8) is 0 Å². The van der Waals surface area contributed by atoms with Crippen LogP contribution in [0.1, 0.15) is 57.4 Å². The molecule has 2 bridgehead atoms. The van der Waals surface area contributed by atoms with Crippen LogP contribution < -0.4 is 20.9 Å². The number of hydrogen-bond acceptors (Lipinski definition) is 11. The van der Waals surface area contributed by atoms with E-state index in [1.807, 2.05) is 26.0 Å². The summed E-state index contributed by atoms with van der Waals surface area (Å²) in [6.07, 6.45) is 9.46. The van der Waals surface area contributed by atoms with Gasteiger partial charge in [-0.05, 0) is 50.1 Å². The molecule has 14 heteroatoms. The molecule has 3 heterocycles. The monoisotopic (exact) mass is 655 g/mol. The Hall–Kier alpha value is -4.27. The molecule has 256 valence electrons. The van der Waals surface area contributed by atoms with Crippen molar-refractivity contribution in [2.75, 3.05) is 13.6 Å². The summed E-state index contributed by atoms with van der Waals surface area (Å²) in [5, 5.41) is 16.8. The van der Waals surface area contributed by atoms with Gasteiger partial charge >= 0.3 is 23.9 Å². The van der Waals surface area contributed by atoms with Crippen molar-refractivity contribution >= 4 is 23.9 Å². The maximum absolute atomic E-state index is 11.7. The molecule has 0 amide bonds. The molecule has 2 unspecified atom stereocenters. The second-order valence-corrected chi connectivity index (χ2v) is 12.6. The largest absolute Gasteiger partial charge is 0.481 e. The van der Waals surface area contributed by atoms with Gasteiger partial charge in [-0.1, -0.05) is 32.4 Å². The van der Waals surface area contributed by atoms with E-state index in [0.717, 1.165) is 37.1 Å². The molecule has 4 aliphatic rings. The maximum atomic E-state index is 11.7. The molecule has 1 spiro atoms. The average Bonchev–Trinajstić information content (AvgIpc) is 3.66. The molecule has 2 aliphatic carbocycles. The van der Waals surface area contributed by atoms with Gasteiger partial charge in [-0.15, -0.1) is 0 Å². The molecule has 47 heavy (non-hydrogen) atoms. The number of esters is 2. The van der Waals surface area contributed by atoms with Crippen molar-refractivity contribution < 1.29 is 43.6 Å². The van der Waals surface area contributed by atoms with Crippen LogP contribution in [0.3, 0.4) is 0 Å². The summed E-state index contributed by atoms with van der Waals surface area (Å²) in [6.45, 7) is 7.53. The molecule has 0 radical (unpaired) electrons. The van der Waals surface area contributed by atoms with Gasteiger partial charge in [0.2, 0.25) is 0 Å². The van der Waals surface area contributed by atoms with Crippen LogP contribution in [-0.4, -0.2) is 92.9 Å². The second kappa shape index (κ2) is 14.7. The molecule has 1 aromatic carbocycles. The lowest BCUT2D eigenvalue weighted by Gasteiger charge is -2.56. The molecular weight excluding hydrogens is 610 g/mol. The Labute approximate surface area is 273 Å². The highest BCUT2D eigenvalue weighted by molar-refractivity contribution is 5.74. The van der Waals surface area contributed by atoms with E-state index < -0.39 is 30.1 Å². The number of aromatic nitrogens is 2. The van der Waals surface area contributed by atoms with Crippen molar-refractivity contribution in [3.8, 4) is 11.5 Å². The number of rotatable bonds is 8. The number of hydrogen-bond donors (Lipinski definition) is 5. The van der Waals surface area contributed by atoms with E-state index in [1.165, 1.54) is 25.7 Å². The Morgan fingerprint density at radius 2 is 1.87 bits per heavy atom. The minimum Gasteiger partial charge on any atom is -0.481 e. The predicted molar refractivity (Wildman–Crippen MR) is 170 cm³/mol. The predicted octanol–water partition coefficient (Wildman–Crippen LogP) is 1.80. The number of carboxylic acid groups (broad SMARTS) is 2. The van der Waals surface area contributed by atoms with Crippen LogP contribution in [0.2, 0.25) is 0 Å². The van der Waals surface area contributed by atoms with Gasteiger partial charge in [0.15, 0.2) is 17.6 Å². The van der Waals surface area contributed by atoms with Gasteiger partial charge in [-0.2, -0.15) is 0 Å². The third kappa shape index (κ3) is 7.34.